The predicted octanol–water partition coefficient (Wildman–Crippen LogP) is 0.807. The molecule has 1 atom stereocenters. The van der Waals surface area contributed by atoms with Crippen LogP contribution in [-0.4, -0.2) is 55.3 Å². The summed E-state index contributed by atoms with van der Waals surface area (Å²) in [5, 5.41) is 7.21. The number of anilines is 2. The number of carbonyl (C=O) groups excluding carboxylic acids is 1. The van der Waals surface area contributed by atoms with Crippen molar-refractivity contribution in [2.45, 2.75) is 70.9 Å². The smallest absolute Gasteiger partial charge is 0.423 e. The second-order valence-electron chi connectivity index (χ2n) is 10.0. The molecule has 1 aliphatic heterocycles. The fraction of sp³-hybridized carbons (Fsp3) is 0.583. The van der Waals surface area contributed by atoms with E-state index in [4.69, 9.17) is 0 Å². The molecule has 0 saturated carbocycles. The Kier molecular flexibility index (Phi) is 7.88. The minimum atomic E-state index is -4.28. The number of aryl methyl sites for hydroxylation is 2. The molecule has 2 aliphatic carbocycles. The van der Waals surface area contributed by atoms with Crippen LogP contribution in [0.1, 0.15) is 61.4 Å². The Hall–Kier alpha value is -1.59. The van der Waals surface area contributed by atoms with Crippen LogP contribution in [-0.2, 0) is 35.9 Å². The van der Waals surface area contributed by atoms with E-state index in [1.807, 2.05) is 20.9 Å². The van der Waals surface area contributed by atoms with Gasteiger partial charge < -0.3 is 14.9 Å². The summed E-state index contributed by atoms with van der Waals surface area (Å²) < 4.78 is 33.8. The first-order valence-electron chi connectivity index (χ1n) is 12.2. The number of amides is 2. The van der Waals surface area contributed by atoms with Crippen molar-refractivity contribution in [2.75, 3.05) is 29.8 Å². The number of aromatic nitrogens is 2. The van der Waals surface area contributed by atoms with Gasteiger partial charge >= 0.3 is 29.6 Å². The van der Waals surface area contributed by atoms with Gasteiger partial charge in [0.05, 0.1) is 17.9 Å². The maximum atomic E-state index is 13.5. The van der Waals surface area contributed by atoms with Crippen LogP contribution in [0.25, 0.3) is 4.72 Å². The number of nitrogens with zero attached hydrogens (tertiary/aromatic N) is 5. The van der Waals surface area contributed by atoms with E-state index in [0.717, 1.165) is 61.9 Å². The summed E-state index contributed by atoms with van der Waals surface area (Å²) >= 11 is 0. The molecule has 2 amide bonds. The third kappa shape index (κ3) is 5.27. The number of fused-ring (bicyclic) bond motifs is 2. The molecule has 35 heavy (non-hydrogen) atoms. The Morgan fingerprint density at radius 1 is 1.17 bits per heavy atom. The van der Waals surface area contributed by atoms with Crippen molar-refractivity contribution in [1.29, 1.82) is 0 Å². The summed E-state index contributed by atoms with van der Waals surface area (Å²) in [6.07, 6.45) is 9.84. The molecule has 2 heterocycles. The van der Waals surface area contributed by atoms with Crippen LogP contribution in [0.4, 0.5) is 16.2 Å². The van der Waals surface area contributed by atoms with E-state index in [9.17, 15) is 13.2 Å². The van der Waals surface area contributed by atoms with Gasteiger partial charge in [-0.25, -0.2) is 8.42 Å². The maximum absolute atomic E-state index is 13.5. The van der Waals surface area contributed by atoms with E-state index in [2.05, 4.69) is 26.1 Å². The van der Waals surface area contributed by atoms with Crippen LogP contribution in [0.2, 0.25) is 0 Å². The monoisotopic (exact) mass is 508 g/mol. The summed E-state index contributed by atoms with van der Waals surface area (Å²) in [5.41, 5.74) is 6.08. The normalized spacial score (nSPS) is 19.4. The number of hydrogen-bond donors (Lipinski definition) is 1. The van der Waals surface area contributed by atoms with Gasteiger partial charge in [0, 0.05) is 18.8 Å². The minimum Gasteiger partial charge on any atom is -0.423 e. The van der Waals surface area contributed by atoms with Gasteiger partial charge in [0.2, 0.25) is 0 Å². The third-order valence-electron chi connectivity index (χ3n) is 7.22. The molecule has 1 aromatic carbocycles. The molecule has 9 nitrogen and oxygen atoms in total. The molecule has 184 valence electrons. The number of nitrogens with one attached hydrogen (secondary N) is 1. The third-order valence-corrected chi connectivity index (χ3v) is 8.62. The fourth-order valence-corrected chi connectivity index (χ4v) is 6.86. The second-order valence-corrected chi connectivity index (χ2v) is 11.5. The quantitative estimate of drug-likeness (QED) is 0.582. The molecule has 1 N–H and O–H groups in total. The van der Waals surface area contributed by atoms with Crippen LogP contribution in [0.5, 0.6) is 0 Å². The van der Waals surface area contributed by atoms with Crippen molar-refractivity contribution in [3.05, 3.63) is 45.4 Å². The summed E-state index contributed by atoms with van der Waals surface area (Å²) in [4.78, 5) is 15.1. The van der Waals surface area contributed by atoms with Crippen molar-refractivity contribution in [2.24, 2.45) is 0 Å². The number of urea groups is 1. The van der Waals surface area contributed by atoms with Gasteiger partial charge in [-0.05, 0) is 100 Å². The zero-order valence-corrected chi connectivity index (χ0v) is 23.9. The van der Waals surface area contributed by atoms with E-state index < -0.39 is 16.2 Å². The maximum Gasteiger partial charge on any atom is 1.00 e. The SMILES string of the molecule is CC(C)n1cc(N(C2CCN(C)C2)S(=O)(=O)[N-]C(=O)Nc2c3c(cc4c2CCC4)CCC3)cn1.[Na+]. The number of carbonyl (C=O) groups is 1. The molecular formula is C24H33N6NaO3S. The number of likely N-dealkylation sites (tertiary alicyclic amines) is 1. The molecule has 1 unspecified atom stereocenters. The molecule has 0 bridgehead atoms. The van der Waals surface area contributed by atoms with Gasteiger partial charge in [0.1, 0.15) is 0 Å². The van der Waals surface area contributed by atoms with Crippen LogP contribution in [0, 0.1) is 0 Å². The van der Waals surface area contributed by atoms with Crippen LogP contribution < -0.4 is 39.2 Å². The molecule has 5 rings (SSSR count). The van der Waals surface area contributed by atoms with Gasteiger partial charge in [0.15, 0.2) is 6.03 Å². The van der Waals surface area contributed by atoms with E-state index >= 15 is 0 Å². The average Bonchev–Trinajstić information content (AvgIpc) is 3.54. The van der Waals surface area contributed by atoms with E-state index in [-0.39, 0.29) is 41.6 Å². The number of rotatable bonds is 6. The van der Waals surface area contributed by atoms with Gasteiger partial charge in [0.25, 0.3) is 10.2 Å². The van der Waals surface area contributed by atoms with Crippen molar-refractivity contribution in [1.82, 2.24) is 14.7 Å². The first-order chi connectivity index (χ1) is 16.2. The van der Waals surface area contributed by atoms with Crippen molar-refractivity contribution >= 4 is 27.6 Å². The standard InChI is InChI=1S/C24H34N6O3S.Na/c1-16(2)29-15-20(13-25-29)30(19-10-11-28(3)14-19)34(32,33)27-24(31)26-23-21-8-4-6-17(21)12-18-7-5-9-22(18)23;/h12-13,15-16,19H,4-11,14H2,1-3H3,(H2,26,27,31);/q;+1/p-1. The first-order valence-corrected chi connectivity index (χ1v) is 13.6. The molecule has 11 heteroatoms. The predicted molar refractivity (Wildman–Crippen MR) is 133 cm³/mol. The van der Waals surface area contributed by atoms with E-state index in [0.29, 0.717) is 18.7 Å². The van der Waals surface area contributed by atoms with Crippen molar-refractivity contribution < 1.29 is 42.8 Å². The molecule has 1 aromatic heterocycles. The second kappa shape index (κ2) is 10.4. The largest absolute Gasteiger partial charge is 1.00 e. The summed E-state index contributed by atoms with van der Waals surface area (Å²) in [6.45, 7) is 5.31. The molecular weight excluding hydrogens is 475 g/mol. The molecule has 0 spiro atoms. The van der Waals surface area contributed by atoms with Crippen LogP contribution >= 0.6 is 0 Å². The Bertz CT molecular complexity index is 1180. The molecule has 1 saturated heterocycles. The Morgan fingerprint density at radius 3 is 2.37 bits per heavy atom. The molecule has 2 aromatic rings. The Labute approximate surface area is 230 Å². The zero-order valence-electron chi connectivity index (χ0n) is 21.1. The van der Waals surface area contributed by atoms with E-state index in [1.54, 1.807) is 17.1 Å². The summed E-state index contributed by atoms with van der Waals surface area (Å²) in [5.74, 6) is 0. The molecule has 3 aliphatic rings. The average molecular weight is 509 g/mol. The summed E-state index contributed by atoms with van der Waals surface area (Å²) in [7, 11) is -2.31. The minimum absolute atomic E-state index is 0. The van der Waals surface area contributed by atoms with E-state index in [1.165, 1.54) is 15.4 Å². The van der Waals surface area contributed by atoms with Crippen molar-refractivity contribution in [3.63, 3.8) is 0 Å². The van der Waals surface area contributed by atoms with Gasteiger partial charge in [-0.15, -0.1) is 0 Å². The Morgan fingerprint density at radius 2 is 1.83 bits per heavy atom. The zero-order chi connectivity index (χ0) is 24.0. The number of likely N-dealkylation sites (N-methyl/N-ethyl adjacent to an activating group) is 1. The van der Waals surface area contributed by atoms with Gasteiger partial charge in [-0.3, -0.25) is 13.8 Å². The number of benzene rings is 1. The number of hydrogen-bond acceptors (Lipinski definition) is 5. The van der Waals surface area contributed by atoms with Crippen molar-refractivity contribution in [3.8, 4) is 0 Å². The van der Waals surface area contributed by atoms with Crippen LogP contribution in [0.3, 0.4) is 0 Å². The molecule has 0 radical (unpaired) electrons. The van der Waals surface area contributed by atoms with Gasteiger partial charge in [-0.2, -0.15) is 5.10 Å². The summed E-state index contributed by atoms with van der Waals surface area (Å²) in [6, 6.07) is 1.23. The van der Waals surface area contributed by atoms with Gasteiger partial charge in [-0.1, -0.05) is 6.07 Å². The van der Waals surface area contributed by atoms with Crippen LogP contribution in [0.15, 0.2) is 18.5 Å². The topological polar surface area (TPSA) is 102 Å². The Balaban J connectivity index is 0.00000289. The fourth-order valence-electron chi connectivity index (χ4n) is 5.61. The molecule has 1 fully saturated rings. The first kappa shape index (κ1) is 26.5.